The lowest BCUT2D eigenvalue weighted by Gasteiger charge is -2.36. The van der Waals surface area contributed by atoms with Gasteiger partial charge in [-0.2, -0.15) is 10.1 Å². The van der Waals surface area contributed by atoms with Gasteiger partial charge in [0, 0.05) is 24.4 Å². The largest absolute Gasteiger partial charge is 0.472 e. The van der Waals surface area contributed by atoms with Crippen LogP contribution in [0.25, 0.3) is 21.9 Å². The number of pyridine rings is 1. The predicted octanol–water partition coefficient (Wildman–Crippen LogP) is 4.24. The van der Waals surface area contributed by atoms with E-state index in [-0.39, 0.29) is 17.6 Å². The van der Waals surface area contributed by atoms with Gasteiger partial charge in [-0.25, -0.2) is 14.8 Å². The van der Waals surface area contributed by atoms with E-state index in [4.69, 9.17) is 9.47 Å². The minimum atomic E-state index is -0.939. The monoisotopic (exact) mass is 448 g/mol. The van der Waals surface area contributed by atoms with Crippen molar-refractivity contribution in [3.63, 3.8) is 0 Å². The number of fused-ring (bicyclic) bond motifs is 2. The summed E-state index contributed by atoms with van der Waals surface area (Å²) in [4.78, 5) is 26.3. The number of rotatable bonds is 4. The summed E-state index contributed by atoms with van der Waals surface area (Å²) in [6, 6.07) is 8.80. The zero-order valence-electron chi connectivity index (χ0n) is 18.5. The third-order valence-electron chi connectivity index (χ3n) is 5.80. The predicted molar refractivity (Wildman–Crippen MR) is 121 cm³/mol. The normalized spacial score (nSPS) is 18.7. The molecule has 33 heavy (non-hydrogen) atoms. The maximum atomic E-state index is 11.7. The van der Waals surface area contributed by atoms with Gasteiger partial charge in [0.25, 0.3) is 0 Å². The van der Waals surface area contributed by atoms with Crippen molar-refractivity contribution in [2.75, 3.05) is 6.54 Å². The molecule has 1 amide bonds. The Kier molecular flexibility index (Phi) is 4.99. The van der Waals surface area contributed by atoms with E-state index >= 15 is 0 Å². The molecule has 3 aromatic heterocycles. The maximum absolute atomic E-state index is 11.7. The summed E-state index contributed by atoms with van der Waals surface area (Å²) in [5, 5.41) is 17.5. The fraction of sp³-hybridized carbons (Fsp3) is 0.348. The van der Waals surface area contributed by atoms with Gasteiger partial charge in [-0.05, 0) is 29.7 Å². The van der Waals surface area contributed by atoms with Crippen LogP contribution < -0.4 is 9.47 Å². The van der Waals surface area contributed by atoms with Crippen molar-refractivity contribution in [3.8, 4) is 17.5 Å². The zero-order valence-corrected chi connectivity index (χ0v) is 18.5. The number of aromatic nitrogens is 5. The van der Waals surface area contributed by atoms with Crippen molar-refractivity contribution in [2.45, 2.75) is 39.3 Å². The van der Waals surface area contributed by atoms with Gasteiger partial charge in [-0.1, -0.05) is 20.8 Å². The third-order valence-corrected chi connectivity index (χ3v) is 5.80. The van der Waals surface area contributed by atoms with E-state index in [0.29, 0.717) is 41.5 Å². The molecule has 170 valence electrons. The highest BCUT2D eigenvalue weighted by Crippen LogP contribution is 2.36. The van der Waals surface area contributed by atoms with Crippen molar-refractivity contribution in [1.82, 2.24) is 30.0 Å². The first-order chi connectivity index (χ1) is 15.8. The third kappa shape index (κ3) is 3.99. The molecule has 5 rings (SSSR count). The number of carboxylic acid groups (broad SMARTS) is 1. The van der Waals surface area contributed by atoms with E-state index in [9.17, 15) is 9.90 Å². The summed E-state index contributed by atoms with van der Waals surface area (Å²) in [6.07, 6.45) is 2.48. The van der Waals surface area contributed by atoms with Crippen LogP contribution in [0.1, 0.15) is 27.2 Å². The number of carbonyl (C=O) groups is 1. The Bertz CT molecular complexity index is 1330. The molecule has 1 aliphatic rings. The Hall–Kier alpha value is -3.95. The second-order valence-electron chi connectivity index (χ2n) is 9.15. The van der Waals surface area contributed by atoms with Crippen LogP contribution in [0.3, 0.4) is 0 Å². The lowest BCUT2D eigenvalue weighted by molar-refractivity contribution is 0.0554. The highest BCUT2D eigenvalue weighted by atomic mass is 16.5. The maximum Gasteiger partial charge on any atom is 0.407 e. The van der Waals surface area contributed by atoms with Crippen LogP contribution in [-0.2, 0) is 0 Å². The van der Waals surface area contributed by atoms with Crippen molar-refractivity contribution < 1.29 is 19.4 Å². The van der Waals surface area contributed by atoms with Crippen molar-refractivity contribution >= 4 is 28.0 Å². The number of hydrogen-bond acceptors (Lipinski definition) is 7. The lowest BCUT2D eigenvalue weighted by Crippen LogP contribution is -2.48. The molecule has 1 aromatic carbocycles. The number of aromatic amines is 1. The van der Waals surface area contributed by atoms with Gasteiger partial charge in [0.15, 0.2) is 5.52 Å². The topological polar surface area (TPSA) is 126 Å². The second kappa shape index (κ2) is 7.88. The summed E-state index contributed by atoms with van der Waals surface area (Å²) < 4.78 is 12.2. The first-order valence-electron chi connectivity index (χ1n) is 10.7. The molecule has 2 atom stereocenters. The van der Waals surface area contributed by atoms with E-state index in [1.54, 1.807) is 18.3 Å². The Morgan fingerprint density at radius 2 is 2.06 bits per heavy atom. The van der Waals surface area contributed by atoms with Gasteiger partial charge in [-0.3, -0.25) is 5.10 Å². The molecule has 1 aliphatic heterocycles. The molecule has 0 aliphatic carbocycles. The van der Waals surface area contributed by atoms with Gasteiger partial charge in [0.05, 0.1) is 23.3 Å². The average Bonchev–Trinajstić information content (AvgIpc) is 3.40. The minimum Gasteiger partial charge on any atom is -0.472 e. The van der Waals surface area contributed by atoms with Crippen LogP contribution in [0.5, 0.6) is 17.5 Å². The molecule has 2 unspecified atom stereocenters. The summed E-state index contributed by atoms with van der Waals surface area (Å²) in [5.74, 6) is 1.27. The summed E-state index contributed by atoms with van der Waals surface area (Å²) in [7, 11) is 0. The summed E-state index contributed by atoms with van der Waals surface area (Å²) in [6.45, 7) is 6.46. The number of ether oxygens (including phenoxy) is 2. The van der Waals surface area contributed by atoms with Crippen LogP contribution in [0.15, 0.2) is 42.9 Å². The van der Waals surface area contributed by atoms with E-state index < -0.39 is 6.09 Å². The van der Waals surface area contributed by atoms with E-state index in [1.165, 1.54) is 11.2 Å². The smallest absolute Gasteiger partial charge is 0.407 e. The van der Waals surface area contributed by atoms with Crippen LogP contribution in [0, 0.1) is 5.41 Å². The van der Waals surface area contributed by atoms with Crippen LogP contribution in [-0.4, -0.2) is 59.9 Å². The Labute approximate surface area is 189 Å². The highest BCUT2D eigenvalue weighted by molar-refractivity contribution is 5.81. The fourth-order valence-corrected chi connectivity index (χ4v) is 4.42. The highest BCUT2D eigenvalue weighted by Gasteiger charge is 2.45. The van der Waals surface area contributed by atoms with Gasteiger partial charge in [0.2, 0.25) is 11.8 Å². The number of benzene rings is 1. The molecule has 2 N–H and O–H groups in total. The van der Waals surface area contributed by atoms with E-state index in [0.717, 1.165) is 10.9 Å². The average molecular weight is 448 g/mol. The number of hydrogen-bond donors (Lipinski definition) is 2. The molecule has 0 spiro atoms. The number of nitrogens with one attached hydrogen (secondary N) is 1. The van der Waals surface area contributed by atoms with E-state index in [1.807, 2.05) is 39.0 Å². The quantitative estimate of drug-likeness (QED) is 0.475. The first-order valence-corrected chi connectivity index (χ1v) is 10.7. The number of likely N-dealkylation sites (tertiary alicyclic amines) is 1. The van der Waals surface area contributed by atoms with Crippen LogP contribution in [0.2, 0.25) is 0 Å². The molecule has 1 saturated heterocycles. The molecule has 0 saturated carbocycles. The SMILES string of the molecule is CC(C)(C)C1C(Oc2ccc3ncnc(Oc4ccc5[nH]ncc5c4)c3n2)CCN1C(=O)O. The first kappa shape index (κ1) is 20.9. The van der Waals surface area contributed by atoms with Gasteiger partial charge in [0.1, 0.15) is 18.2 Å². The van der Waals surface area contributed by atoms with Gasteiger partial charge >= 0.3 is 6.09 Å². The van der Waals surface area contributed by atoms with Crippen molar-refractivity contribution in [3.05, 3.63) is 42.9 Å². The molecule has 0 bridgehead atoms. The van der Waals surface area contributed by atoms with Gasteiger partial charge < -0.3 is 19.5 Å². The summed E-state index contributed by atoms with van der Waals surface area (Å²) >= 11 is 0. The Morgan fingerprint density at radius 3 is 2.85 bits per heavy atom. The molecule has 4 heterocycles. The number of nitrogens with zero attached hydrogens (tertiary/aromatic N) is 5. The number of amides is 1. The Morgan fingerprint density at radius 1 is 1.21 bits per heavy atom. The molecule has 10 nitrogen and oxygen atoms in total. The standard InChI is InChI=1S/C23H24N6O4/c1-23(2,3)20-17(8-9-29(20)22(30)31)33-18-7-6-16-19(27-18)21(25-12-24-16)32-14-4-5-15-13(10-14)11-26-28-15/h4-7,10-12,17,20H,8-9H2,1-3H3,(H,26,28)(H,30,31). The zero-order chi connectivity index (χ0) is 23.2. The van der Waals surface area contributed by atoms with E-state index in [2.05, 4.69) is 25.1 Å². The van der Waals surface area contributed by atoms with Crippen molar-refractivity contribution in [1.29, 1.82) is 0 Å². The van der Waals surface area contributed by atoms with Crippen molar-refractivity contribution in [2.24, 2.45) is 5.41 Å². The molecular formula is C23H24N6O4. The van der Waals surface area contributed by atoms with Crippen LogP contribution >= 0.6 is 0 Å². The molecule has 1 fully saturated rings. The molecular weight excluding hydrogens is 424 g/mol. The minimum absolute atomic E-state index is 0.292. The lowest BCUT2D eigenvalue weighted by atomic mass is 9.84. The number of H-pyrrole nitrogens is 1. The van der Waals surface area contributed by atoms with Gasteiger partial charge in [-0.15, -0.1) is 0 Å². The molecule has 0 radical (unpaired) electrons. The molecule has 4 aromatic rings. The summed E-state index contributed by atoms with van der Waals surface area (Å²) in [5.41, 5.74) is 1.69. The molecule has 10 heteroatoms. The fourth-order valence-electron chi connectivity index (χ4n) is 4.42. The second-order valence-corrected chi connectivity index (χ2v) is 9.15. The van der Waals surface area contributed by atoms with Crippen LogP contribution in [0.4, 0.5) is 4.79 Å². The Balaban J connectivity index is 1.45.